The molecule has 2 unspecified atom stereocenters. The van der Waals surface area contributed by atoms with E-state index in [2.05, 4.69) is 10.1 Å². The normalized spacial score (nSPS) is 16.8. The van der Waals surface area contributed by atoms with Crippen LogP contribution in [0.5, 0.6) is 5.75 Å². The lowest BCUT2D eigenvalue weighted by molar-refractivity contribution is -0.148. The molecule has 0 bridgehead atoms. The zero-order chi connectivity index (χ0) is 24.0. The molecule has 1 amide bonds. The molecule has 1 saturated heterocycles. The molecule has 2 aromatic carbocycles. The number of halogens is 3. The molecule has 1 N–H and O–H groups in total. The number of nitrogens with one attached hydrogen (secondary N) is 1. The van der Waals surface area contributed by atoms with E-state index in [9.17, 15) is 18.4 Å². The van der Waals surface area contributed by atoms with Gasteiger partial charge in [-0.3, -0.25) is 14.6 Å². The molecule has 1 heterocycles. The first kappa shape index (κ1) is 24.9. The van der Waals surface area contributed by atoms with Gasteiger partial charge < -0.3 is 14.8 Å². The molecule has 0 radical (unpaired) electrons. The Morgan fingerprint density at radius 1 is 1.00 bits per heavy atom. The Morgan fingerprint density at radius 3 is 2.24 bits per heavy atom. The van der Waals surface area contributed by atoms with Crippen molar-refractivity contribution in [2.75, 3.05) is 38.6 Å². The number of methoxy groups -OCH3 is 1. The highest BCUT2D eigenvalue weighted by atomic mass is 35.5. The largest absolute Gasteiger partial charge is 0.468 e. The first-order chi connectivity index (χ1) is 15.8. The van der Waals surface area contributed by atoms with E-state index in [1.54, 1.807) is 37.3 Å². The van der Waals surface area contributed by atoms with Crippen LogP contribution in [0.15, 0.2) is 48.5 Å². The molecule has 3 rings (SSSR count). The van der Waals surface area contributed by atoms with E-state index >= 15 is 0 Å². The van der Waals surface area contributed by atoms with E-state index in [-0.39, 0.29) is 17.3 Å². The smallest absolute Gasteiger partial charge is 0.387 e. The quantitative estimate of drug-likeness (QED) is 0.578. The number of carbonyl (C=O) groups excluding carboxylic acids is 2. The number of esters is 1. The third-order valence-electron chi connectivity index (χ3n) is 5.63. The number of para-hydroxylation sites is 2. The first-order valence-electron chi connectivity index (χ1n) is 10.5. The number of carbonyl (C=O) groups is 2. The molecule has 1 aliphatic heterocycles. The van der Waals surface area contributed by atoms with Crippen LogP contribution in [-0.2, 0) is 14.3 Å². The fraction of sp³-hybridized carbons (Fsp3) is 0.391. The summed E-state index contributed by atoms with van der Waals surface area (Å²) in [7, 11) is 1.34. The zero-order valence-corrected chi connectivity index (χ0v) is 19.1. The number of hydrogen-bond acceptors (Lipinski definition) is 6. The highest BCUT2D eigenvalue weighted by molar-refractivity contribution is 6.31. The van der Waals surface area contributed by atoms with Crippen molar-refractivity contribution in [1.29, 1.82) is 0 Å². The molecule has 0 saturated carbocycles. The van der Waals surface area contributed by atoms with Gasteiger partial charge in [0.25, 0.3) is 0 Å². The Hall–Kier alpha value is -2.75. The summed E-state index contributed by atoms with van der Waals surface area (Å²) >= 11 is 6.33. The molecular formula is C23H26ClF2N3O4. The van der Waals surface area contributed by atoms with Crippen molar-refractivity contribution in [1.82, 2.24) is 9.80 Å². The lowest BCUT2D eigenvalue weighted by Gasteiger charge is -2.40. The molecule has 10 heteroatoms. The molecule has 2 atom stereocenters. The number of nitrogens with zero attached hydrogens (tertiary/aromatic N) is 2. The zero-order valence-electron chi connectivity index (χ0n) is 18.3. The van der Waals surface area contributed by atoms with Gasteiger partial charge in [0.1, 0.15) is 11.8 Å². The number of ether oxygens (including phenoxy) is 2. The highest BCUT2D eigenvalue weighted by Crippen LogP contribution is 2.30. The van der Waals surface area contributed by atoms with Crippen LogP contribution in [0.4, 0.5) is 14.5 Å². The van der Waals surface area contributed by atoms with E-state index in [1.165, 1.54) is 19.2 Å². The second-order valence-electron chi connectivity index (χ2n) is 7.56. The molecule has 2 aromatic rings. The summed E-state index contributed by atoms with van der Waals surface area (Å²) < 4.78 is 34.7. The van der Waals surface area contributed by atoms with Crippen LogP contribution in [0.3, 0.4) is 0 Å². The molecule has 0 aliphatic carbocycles. The Morgan fingerprint density at radius 2 is 1.61 bits per heavy atom. The highest BCUT2D eigenvalue weighted by Gasteiger charge is 2.34. The van der Waals surface area contributed by atoms with Crippen LogP contribution in [0.2, 0.25) is 5.02 Å². The summed E-state index contributed by atoms with van der Waals surface area (Å²) in [5.41, 5.74) is 0.846. The molecule has 0 spiro atoms. The van der Waals surface area contributed by atoms with Gasteiger partial charge in [0.2, 0.25) is 5.91 Å². The minimum atomic E-state index is -2.99. The van der Waals surface area contributed by atoms with Crippen molar-refractivity contribution < 1.29 is 27.8 Å². The molecule has 1 fully saturated rings. The van der Waals surface area contributed by atoms with Crippen molar-refractivity contribution in [3.8, 4) is 5.75 Å². The van der Waals surface area contributed by atoms with Crippen molar-refractivity contribution in [3.05, 3.63) is 59.1 Å². The van der Waals surface area contributed by atoms with Crippen molar-refractivity contribution in [3.63, 3.8) is 0 Å². The van der Waals surface area contributed by atoms with E-state index in [1.807, 2.05) is 15.9 Å². The number of alkyl halides is 2. The van der Waals surface area contributed by atoms with Gasteiger partial charge in [-0.25, -0.2) is 4.79 Å². The second kappa shape index (κ2) is 11.4. The maximum atomic E-state index is 12.8. The van der Waals surface area contributed by atoms with E-state index in [0.717, 1.165) is 0 Å². The lowest BCUT2D eigenvalue weighted by atomic mass is 10.0. The van der Waals surface area contributed by atoms with Crippen molar-refractivity contribution in [2.45, 2.75) is 25.6 Å². The molecular weight excluding hydrogens is 456 g/mol. The van der Waals surface area contributed by atoms with E-state index < -0.39 is 24.7 Å². The summed E-state index contributed by atoms with van der Waals surface area (Å²) in [5, 5.41) is 3.14. The molecule has 33 heavy (non-hydrogen) atoms. The van der Waals surface area contributed by atoms with Crippen LogP contribution in [0.1, 0.15) is 18.5 Å². The minimum Gasteiger partial charge on any atom is -0.468 e. The van der Waals surface area contributed by atoms with Crippen LogP contribution in [0.25, 0.3) is 0 Å². The maximum absolute atomic E-state index is 12.8. The third kappa shape index (κ3) is 6.19. The number of benzene rings is 2. The number of rotatable bonds is 8. The second-order valence-corrected chi connectivity index (χ2v) is 7.97. The fourth-order valence-electron chi connectivity index (χ4n) is 3.84. The van der Waals surface area contributed by atoms with E-state index in [0.29, 0.717) is 36.8 Å². The average molecular weight is 482 g/mol. The number of amides is 1. The molecule has 0 aromatic heterocycles. The van der Waals surface area contributed by atoms with Crippen LogP contribution < -0.4 is 10.1 Å². The Balaban J connectivity index is 1.64. The fourth-order valence-corrected chi connectivity index (χ4v) is 4.07. The summed E-state index contributed by atoms with van der Waals surface area (Å²) in [4.78, 5) is 29.3. The van der Waals surface area contributed by atoms with Gasteiger partial charge in [0.05, 0.1) is 18.8 Å². The maximum Gasteiger partial charge on any atom is 0.387 e. The lowest BCUT2D eigenvalue weighted by Crippen LogP contribution is -2.54. The van der Waals surface area contributed by atoms with Crippen LogP contribution in [0, 0.1) is 0 Å². The first-order valence-corrected chi connectivity index (χ1v) is 10.8. The van der Waals surface area contributed by atoms with Gasteiger partial charge in [0.15, 0.2) is 0 Å². The topological polar surface area (TPSA) is 71.1 Å². The summed E-state index contributed by atoms with van der Waals surface area (Å²) in [6, 6.07) is 12.0. The number of piperazine rings is 1. The van der Waals surface area contributed by atoms with E-state index in [4.69, 9.17) is 16.3 Å². The third-order valence-corrected chi connectivity index (χ3v) is 5.97. The van der Waals surface area contributed by atoms with Gasteiger partial charge in [-0.15, -0.1) is 0 Å². The Bertz CT molecular complexity index is 970. The van der Waals surface area contributed by atoms with Crippen LogP contribution >= 0.6 is 11.6 Å². The monoisotopic (exact) mass is 481 g/mol. The predicted octanol–water partition coefficient (Wildman–Crippen LogP) is 3.80. The van der Waals surface area contributed by atoms with Gasteiger partial charge in [0, 0.05) is 31.2 Å². The van der Waals surface area contributed by atoms with Gasteiger partial charge >= 0.3 is 12.6 Å². The SMILES string of the molecule is COC(=O)C(c1ccccc1Cl)N1CCN(C(C)C(=O)Nc2ccccc2OC(F)F)CC1. The summed E-state index contributed by atoms with van der Waals surface area (Å²) in [6.45, 7) is 0.799. The summed E-state index contributed by atoms with van der Waals surface area (Å²) in [6.07, 6.45) is 0. The van der Waals surface area contributed by atoms with Crippen molar-refractivity contribution >= 4 is 29.2 Å². The van der Waals surface area contributed by atoms with Crippen LogP contribution in [-0.4, -0.2) is 67.6 Å². The Labute approximate surface area is 196 Å². The molecule has 178 valence electrons. The predicted molar refractivity (Wildman–Crippen MR) is 121 cm³/mol. The van der Waals surface area contributed by atoms with Crippen molar-refractivity contribution in [2.24, 2.45) is 0 Å². The van der Waals surface area contributed by atoms with Gasteiger partial charge in [-0.2, -0.15) is 8.78 Å². The number of anilines is 1. The minimum absolute atomic E-state index is 0.0986. The molecule has 1 aliphatic rings. The summed E-state index contributed by atoms with van der Waals surface area (Å²) in [5.74, 6) is -0.846. The molecule has 7 nitrogen and oxygen atoms in total. The number of hydrogen-bond donors (Lipinski definition) is 1. The van der Waals surface area contributed by atoms with Gasteiger partial charge in [-0.1, -0.05) is 41.9 Å². The Kier molecular flexibility index (Phi) is 8.60. The van der Waals surface area contributed by atoms with Gasteiger partial charge in [-0.05, 0) is 30.7 Å². The standard InChI is InChI=1S/C23H26ClF2N3O4/c1-15(21(30)27-18-9-5-6-10-19(18)33-23(25)26)28-11-13-29(14-12-28)20(22(31)32-2)16-7-3-4-8-17(16)24/h3-10,15,20,23H,11-14H2,1-2H3,(H,27,30). The average Bonchev–Trinajstić information content (AvgIpc) is 2.81.